The SMILES string of the molecule is Cc1cc2c(nc1NC(=O)CCC(F)(F)F)OC(C)C(=O)N2Cc1ccc(F)cc1F. The van der Waals surface area contributed by atoms with Gasteiger partial charge in [-0.1, -0.05) is 6.07 Å². The Morgan fingerprint density at radius 1 is 1.26 bits per heavy atom. The molecule has 0 fully saturated rings. The van der Waals surface area contributed by atoms with E-state index in [-0.39, 0.29) is 29.5 Å². The Bertz CT molecular complexity index is 1030. The van der Waals surface area contributed by atoms with Gasteiger partial charge in [-0.3, -0.25) is 14.5 Å². The molecule has 2 heterocycles. The average Bonchev–Trinajstić information content (AvgIpc) is 2.66. The summed E-state index contributed by atoms with van der Waals surface area (Å²) in [5.74, 6) is -3.01. The molecular formula is C20H18F5N3O3. The second-order valence-corrected chi connectivity index (χ2v) is 7.06. The van der Waals surface area contributed by atoms with Gasteiger partial charge in [-0.15, -0.1) is 0 Å². The molecule has 1 atom stereocenters. The number of nitrogens with one attached hydrogen (secondary N) is 1. The van der Waals surface area contributed by atoms with Gasteiger partial charge in [0, 0.05) is 18.1 Å². The number of carbonyl (C=O) groups is 2. The third-order valence-electron chi connectivity index (χ3n) is 4.59. The molecule has 0 saturated heterocycles. The van der Waals surface area contributed by atoms with Gasteiger partial charge in [0.25, 0.3) is 5.91 Å². The Balaban J connectivity index is 1.87. The molecule has 11 heteroatoms. The molecule has 31 heavy (non-hydrogen) atoms. The van der Waals surface area contributed by atoms with Gasteiger partial charge in [-0.2, -0.15) is 18.2 Å². The first kappa shape index (κ1) is 22.4. The third-order valence-corrected chi connectivity index (χ3v) is 4.59. The molecule has 3 rings (SSSR count). The molecule has 0 bridgehead atoms. The van der Waals surface area contributed by atoms with Gasteiger partial charge in [0.1, 0.15) is 23.1 Å². The fourth-order valence-electron chi connectivity index (χ4n) is 2.98. The molecule has 1 N–H and O–H groups in total. The van der Waals surface area contributed by atoms with Crippen molar-refractivity contribution in [3.63, 3.8) is 0 Å². The van der Waals surface area contributed by atoms with Crippen LogP contribution in [0.15, 0.2) is 24.3 Å². The van der Waals surface area contributed by atoms with Gasteiger partial charge in [-0.25, -0.2) is 8.78 Å². The van der Waals surface area contributed by atoms with E-state index < -0.39 is 48.6 Å². The number of nitrogens with zero attached hydrogens (tertiary/aromatic N) is 2. The zero-order valence-electron chi connectivity index (χ0n) is 16.5. The standard InChI is InChI=1S/C20H18F5N3O3/c1-10-7-15-18(27-17(10)26-16(29)5-6-20(23,24)25)31-11(2)19(30)28(15)9-12-3-4-13(21)8-14(12)22/h3-4,7-8,11H,5-6,9H2,1-2H3,(H,26,27,29). The summed E-state index contributed by atoms with van der Waals surface area (Å²) in [7, 11) is 0. The van der Waals surface area contributed by atoms with Crippen molar-refractivity contribution in [3.8, 4) is 5.88 Å². The van der Waals surface area contributed by atoms with Gasteiger partial charge in [-0.05, 0) is 31.5 Å². The van der Waals surface area contributed by atoms with Crippen molar-refractivity contribution in [2.75, 3.05) is 10.2 Å². The van der Waals surface area contributed by atoms with E-state index in [9.17, 15) is 31.5 Å². The highest BCUT2D eigenvalue weighted by Gasteiger charge is 2.34. The third kappa shape index (κ3) is 5.28. The predicted octanol–water partition coefficient (Wildman–Crippen LogP) is 4.26. The minimum atomic E-state index is -4.47. The smallest absolute Gasteiger partial charge is 0.389 e. The van der Waals surface area contributed by atoms with E-state index >= 15 is 0 Å². The lowest BCUT2D eigenvalue weighted by atomic mass is 10.1. The number of hydrogen-bond donors (Lipinski definition) is 1. The quantitative estimate of drug-likeness (QED) is 0.701. The minimum Gasteiger partial charge on any atom is -0.463 e. The van der Waals surface area contributed by atoms with Crippen LogP contribution in [-0.4, -0.2) is 29.1 Å². The molecule has 0 spiro atoms. The van der Waals surface area contributed by atoms with E-state index in [1.807, 2.05) is 0 Å². The number of fused-ring (bicyclic) bond motifs is 1. The second-order valence-electron chi connectivity index (χ2n) is 7.06. The number of halogens is 5. The summed E-state index contributed by atoms with van der Waals surface area (Å²) in [5, 5.41) is 2.30. The zero-order valence-corrected chi connectivity index (χ0v) is 16.5. The number of rotatable bonds is 5. The van der Waals surface area contributed by atoms with Gasteiger partial charge in [0.05, 0.1) is 13.0 Å². The molecule has 2 amide bonds. The van der Waals surface area contributed by atoms with Crippen LogP contribution >= 0.6 is 0 Å². The van der Waals surface area contributed by atoms with Crippen LogP contribution in [0, 0.1) is 18.6 Å². The van der Waals surface area contributed by atoms with Crippen molar-refractivity contribution >= 4 is 23.3 Å². The maximum atomic E-state index is 14.1. The first-order chi connectivity index (χ1) is 14.4. The molecule has 1 aromatic carbocycles. The van der Waals surface area contributed by atoms with E-state index in [0.717, 1.165) is 6.07 Å². The second kappa shape index (κ2) is 8.48. The predicted molar refractivity (Wildman–Crippen MR) is 101 cm³/mol. The number of ether oxygens (including phenoxy) is 1. The fourth-order valence-corrected chi connectivity index (χ4v) is 2.98. The molecule has 0 saturated carbocycles. The normalized spacial score (nSPS) is 16.0. The Morgan fingerprint density at radius 3 is 2.61 bits per heavy atom. The summed E-state index contributed by atoms with van der Waals surface area (Å²) in [6.07, 6.45) is -7.50. The molecule has 6 nitrogen and oxygen atoms in total. The molecule has 2 aromatic rings. The van der Waals surface area contributed by atoms with Crippen LogP contribution in [0.3, 0.4) is 0 Å². The lowest BCUT2D eigenvalue weighted by Gasteiger charge is -2.33. The summed E-state index contributed by atoms with van der Waals surface area (Å²) >= 11 is 0. The van der Waals surface area contributed by atoms with Crippen LogP contribution in [0.25, 0.3) is 0 Å². The molecule has 1 aliphatic rings. The molecule has 0 aliphatic carbocycles. The van der Waals surface area contributed by atoms with Crippen molar-refractivity contribution < 1.29 is 36.3 Å². The zero-order chi connectivity index (χ0) is 22.9. The lowest BCUT2D eigenvalue weighted by molar-refractivity contribution is -0.142. The average molecular weight is 443 g/mol. The van der Waals surface area contributed by atoms with Crippen LogP contribution in [0.5, 0.6) is 5.88 Å². The van der Waals surface area contributed by atoms with Crippen molar-refractivity contribution in [3.05, 3.63) is 47.0 Å². The van der Waals surface area contributed by atoms with Crippen LogP contribution in [0.1, 0.15) is 30.9 Å². The van der Waals surface area contributed by atoms with Gasteiger partial charge < -0.3 is 10.1 Å². The Labute approximate surface area is 174 Å². The van der Waals surface area contributed by atoms with E-state index in [2.05, 4.69) is 10.3 Å². The van der Waals surface area contributed by atoms with E-state index in [0.29, 0.717) is 11.6 Å². The molecule has 0 radical (unpaired) electrons. The Morgan fingerprint density at radius 2 is 1.97 bits per heavy atom. The van der Waals surface area contributed by atoms with Gasteiger partial charge >= 0.3 is 6.18 Å². The van der Waals surface area contributed by atoms with Crippen molar-refractivity contribution in [2.45, 2.75) is 45.5 Å². The number of hydrogen-bond acceptors (Lipinski definition) is 4. The van der Waals surface area contributed by atoms with Crippen LogP contribution < -0.4 is 15.0 Å². The van der Waals surface area contributed by atoms with Gasteiger partial charge in [0.2, 0.25) is 11.8 Å². The topological polar surface area (TPSA) is 71.5 Å². The monoisotopic (exact) mass is 443 g/mol. The van der Waals surface area contributed by atoms with Crippen molar-refractivity contribution in [2.24, 2.45) is 0 Å². The summed E-state index contributed by atoms with van der Waals surface area (Å²) < 4.78 is 69.7. The van der Waals surface area contributed by atoms with Crippen LogP contribution in [0.4, 0.5) is 33.5 Å². The summed E-state index contributed by atoms with van der Waals surface area (Å²) in [6.45, 7) is 2.76. The summed E-state index contributed by atoms with van der Waals surface area (Å²) in [4.78, 5) is 29.8. The van der Waals surface area contributed by atoms with Crippen molar-refractivity contribution in [1.82, 2.24) is 4.98 Å². The van der Waals surface area contributed by atoms with E-state index in [1.165, 1.54) is 30.9 Å². The van der Waals surface area contributed by atoms with E-state index in [4.69, 9.17) is 4.74 Å². The lowest BCUT2D eigenvalue weighted by Crippen LogP contribution is -2.44. The maximum absolute atomic E-state index is 14.1. The number of aromatic nitrogens is 1. The molecule has 1 aliphatic heterocycles. The molecule has 166 valence electrons. The first-order valence-electron chi connectivity index (χ1n) is 9.25. The summed E-state index contributed by atoms with van der Waals surface area (Å²) in [6, 6.07) is 4.44. The molecule has 1 unspecified atom stereocenters. The molecular weight excluding hydrogens is 425 g/mol. The number of carbonyl (C=O) groups excluding carboxylic acids is 2. The fraction of sp³-hybridized carbons (Fsp3) is 0.350. The number of anilines is 2. The highest BCUT2D eigenvalue weighted by atomic mass is 19.4. The Hall–Kier alpha value is -3.24. The number of alkyl halides is 3. The van der Waals surface area contributed by atoms with Gasteiger partial charge in [0.15, 0.2) is 6.10 Å². The van der Waals surface area contributed by atoms with Crippen LogP contribution in [0.2, 0.25) is 0 Å². The largest absolute Gasteiger partial charge is 0.463 e. The van der Waals surface area contributed by atoms with Crippen LogP contribution in [-0.2, 0) is 16.1 Å². The maximum Gasteiger partial charge on any atom is 0.389 e. The Kier molecular flexibility index (Phi) is 6.14. The highest BCUT2D eigenvalue weighted by Crippen LogP contribution is 2.36. The van der Waals surface area contributed by atoms with E-state index in [1.54, 1.807) is 0 Å². The number of pyridine rings is 1. The van der Waals surface area contributed by atoms with Crippen molar-refractivity contribution in [1.29, 1.82) is 0 Å². The first-order valence-corrected chi connectivity index (χ1v) is 9.25. The highest BCUT2D eigenvalue weighted by molar-refractivity contribution is 6.00. The number of amides is 2. The molecule has 1 aromatic heterocycles. The minimum absolute atomic E-state index is 0.0135. The number of aryl methyl sites for hydroxylation is 1. The number of benzene rings is 1. The summed E-state index contributed by atoms with van der Waals surface area (Å²) in [5.41, 5.74) is 0.615.